The number of aromatic nitrogens is 2. The van der Waals surface area contributed by atoms with Crippen molar-refractivity contribution in [2.24, 2.45) is 5.92 Å². The lowest BCUT2D eigenvalue weighted by Crippen LogP contribution is -2.44. The van der Waals surface area contributed by atoms with Crippen LogP contribution in [0.2, 0.25) is 0 Å². The van der Waals surface area contributed by atoms with Gasteiger partial charge in [-0.05, 0) is 31.6 Å². The standard InChI is InChI=1S/C16H25N5/c17-16-19-14-12-4-2-1-3-11(12)5-6-13(14)15(20-16)21-9-7-18-8-10-21/h11-12,18H,1-10H2,(H2,17,19,20)/t11-,12-/m1/s1. The molecule has 0 spiro atoms. The first-order valence-corrected chi connectivity index (χ1v) is 8.45. The van der Waals surface area contributed by atoms with Crippen LogP contribution in [0.5, 0.6) is 0 Å². The minimum atomic E-state index is 0.466. The van der Waals surface area contributed by atoms with Crippen LogP contribution in [0, 0.1) is 5.92 Å². The molecule has 2 fully saturated rings. The lowest BCUT2D eigenvalue weighted by Gasteiger charge is -2.38. The third-order valence-corrected chi connectivity index (χ3v) is 5.48. The first-order chi connectivity index (χ1) is 10.3. The highest BCUT2D eigenvalue weighted by Crippen LogP contribution is 2.46. The molecule has 1 aliphatic heterocycles. The maximum absolute atomic E-state index is 6.05. The van der Waals surface area contributed by atoms with Crippen LogP contribution in [-0.4, -0.2) is 36.1 Å². The number of anilines is 2. The van der Waals surface area contributed by atoms with E-state index in [1.807, 2.05) is 0 Å². The number of rotatable bonds is 1. The molecule has 2 aliphatic carbocycles. The summed E-state index contributed by atoms with van der Waals surface area (Å²) < 4.78 is 0. The second-order valence-corrected chi connectivity index (χ2v) is 6.70. The lowest BCUT2D eigenvalue weighted by molar-refractivity contribution is 0.270. The molecule has 1 saturated heterocycles. The molecule has 1 aromatic rings. The third-order valence-electron chi connectivity index (χ3n) is 5.48. The number of hydrogen-bond donors (Lipinski definition) is 2. The van der Waals surface area contributed by atoms with Gasteiger partial charge in [0.05, 0.1) is 5.69 Å². The van der Waals surface area contributed by atoms with Crippen LogP contribution < -0.4 is 16.0 Å². The van der Waals surface area contributed by atoms with Crippen molar-refractivity contribution >= 4 is 11.8 Å². The van der Waals surface area contributed by atoms with Crippen molar-refractivity contribution < 1.29 is 0 Å². The molecule has 0 aromatic carbocycles. The fourth-order valence-corrected chi connectivity index (χ4v) is 4.43. The summed E-state index contributed by atoms with van der Waals surface area (Å²) in [5, 5.41) is 3.41. The Kier molecular flexibility index (Phi) is 3.45. The number of hydrogen-bond acceptors (Lipinski definition) is 5. The Morgan fingerprint density at radius 1 is 1.05 bits per heavy atom. The quantitative estimate of drug-likeness (QED) is 0.823. The molecule has 0 bridgehead atoms. The van der Waals surface area contributed by atoms with Gasteiger partial charge < -0.3 is 16.0 Å². The van der Waals surface area contributed by atoms with Gasteiger partial charge in [0.15, 0.2) is 0 Å². The van der Waals surface area contributed by atoms with Gasteiger partial charge in [-0.2, -0.15) is 4.98 Å². The van der Waals surface area contributed by atoms with E-state index in [4.69, 9.17) is 5.73 Å². The molecule has 1 aromatic heterocycles. The van der Waals surface area contributed by atoms with Gasteiger partial charge in [0.1, 0.15) is 5.82 Å². The molecule has 114 valence electrons. The van der Waals surface area contributed by atoms with Crippen molar-refractivity contribution in [3.63, 3.8) is 0 Å². The first-order valence-electron chi connectivity index (χ1n) is 8.45. The van der Waals surface area contributed by atoms with E-state index in [-0.39, 0.29) is 0 Å². The summed E-state index contributed by atoms with van der Waals surface area (Å²) in [5.41, 5.74) is 8.73. The summed E-state index contributed by atoms with van der Waals surface area (Å²) in [6.45, 7) is 4.11. The lowest BCUT2D eigenvalue weighted by atomic mass is 9.70. The van der Waals surface area contributed by atoms with E-state index in [0.717, 1.165) is 44.3 Å². The molecule has 21 heavy (non-hydrogen) atoms. The highest BCUT2D eigenvalue weighted by atomic mass is 15.2. The predicted molar refractivity (Wildman–Crippen MR) is 84.5 cm³/mol. The Morgan fingerprint density at radius 2 is 1.86 bits per heavy atom. The SMILES string of the molecule is Nc1nc2c(c(N3CCNCC3)n1)CC[C@H]1CCCC[C@@H]21. The molecule has 1 saturated carbocycles. The van der Waals surface area contributed by atoms with Gasteiger partial charge in [-0.1, -0.05) is 12.8 Å². The summed E-state index contributed by atoms with van der Waals surface area (Å²) in [6.07, 6.45) is 7.83. The van der Waals surface area contributed by atoms with Crippen LogP contribution in [0.1, 0.15) is 49.3 Å². The number of nitrogens with two attached hydrogens (primary N) is 1. The van der Waals surface area contributed by atoms with E-state index in [1.165, 1.54) is 43.4 Å². The van der Waals surface area contributed by atoms with E-state index in [9.17, 15) is 0 Å². The summed E-state index contributed by atoms with van der Waals surface area (Å²) in [4.78, 5) is 11.7. The molecule has 0 unspecified atom stereocenters. The number of fused-ring (bicyclic) bond motifs is 3. The summed E-state index contributed by atoms with van der Waals surface area (Å²) in [7, 11) is 0. The molecule has 5 heteroatoms. The maximum Gasteiger partial charge on any atom is 0.222 e. The van der Waals surface area contributed by atoms with Crippen molar-refractivity contribution in [1.29, 1.82) is 0 Å². The first kappa shape index (κ1) is 13.3. The van der Waals surface area contributed by atoms with Gasteiger partial charge in [0.25, 0.3) is 0 Å². The van der Waals surface area contributed by atoms with Gasteiger partial charge in [-0.15, -0.1) is 0 Å². The monoisotopic (exact) mass is 287 g/mol. The van der Waals surface area contributed by atoms with Crippen molar-refractivity contribution in [1.82, 2.24) is 15.3 Å². The zero-order chi connectivity index (χ0) is 14.2. The topological polar surface area (TPSA) is 67.1 Å². The average molecular weight is 287 g/mol. The van der Waals surface area contributed by atoms with Crippen LogP contribution >= 0.6 is 0 Å². The fraction of sp³-hybridized carbons (Fsp3) is 0.750. The molecule has 3 N–H and O–H groups in total. The third kappa shape index (κ3) is 2.37. The Labute approximate surface area is 126 Å². The van der Waals surface area contributed by atoms with Crippen molar-refractivity contribution in [2.75, 3.05) is 36.8 Å². The van der Waals surface area contributed by atoms with Crippen molar-refractivity contribution in [3.05, 3.63) is 11.3 Å². The van der Waals surface area contributed by atoms with Crippen LogP contribution in [0.25, 0.3) is 0 Å². The van der Waals surface area contributed by atoms with Crippen LogP contribution in [0.4, 0.5) is 11.8 Å². The summed E-state index contributed by atoms with van der Waals surface area (Å²) in [5.74, 6) is 3.06. The molecule has 0 amide bonds. The molecule has 2 atom stereocenters. The van der Waals surface area contributed by atoms with Crippen LogP contribution in [0.15, 0.2) is 0 Å². The predicted octanol–water partition coefficient (Wildman–Crippen LogP) is 1.69. The van der Waals surface area contributed by atoms with Gasteiger partial charge in [-0.3, -0.25) is 0 Å². The minimum Gasteiger partial charge on any atom is -0.368 e. The molecule has 2 heterocycles. The maximum atomic E-state index is 6.05. The van der Waals surface area contributed by atoms with Crippen molar-refractivity contribution in [3.8, 4) is 0 Å². The highest BCUT2D eigenvalue weighted by Gasteiger charge is 2.35. The molecular formula is C16H25N5. The van der Waals surface area contributed by atoms with Gasteiger partial charge >= 0.3 is 0 Å². The highest BCUT2D eigenvalue weighted by molar-refractivity contribution is 5.54. The zero-order valence-corrected chi connectivity index (χ0v) is 12.6. The number of nitrogens with one attached hydrogen (secondary N) is 1. The van der Waals surface area contributed by atoms with Gasteiger partial charge in [-0.25, -0.2) is 4.98 Å². The largest absolute Gasteiger partial charge is 0.368 e. The second-order valence-electron chi connectivity index (χ2n) is 6.70. The van der Waals surface area contributed by atoms with E-state index in [1.54, 1.807) is 0 Å². The fourth-order valence-electron chi connectivity index (χ4n) is 4.43. The molecule has 0 radical (unpaired) electrons. The zero-order valence-electron chi connectivity index (χ0n) is 12.6. The van der Waals surface area contributed by atoms with Gasteiger partial charge in [0.2, 0.25) is 5.95 Å². The van der Waals surface area contributed by atoms with E-state index >= 15 is 0 Å². The van der Waals surface area contributed by atoms with Crippen molar-refractivity contribution in [2.45, 2.75) is 44.4 Å². The van der Waals surface area contributed by atoms with E-state index < -0.39 is 0 Å². The van der Waals surface area contributed by atoms with Gasteiger partial charge in [0, 0.05) is 37.7 Å². The average Bonchev–Trinajstić information content (AvgIpc) is 2.55. The normalized spacial score (nSPS) is 28.9. The summed E-state index contributed by atoms with van der Waals surface area (Å²) >= 11 is 0. The number of nitrogen functional groups attached to an aromatic ring is 1. The minimum absolute atomic E-state index is 0.466. The molecule has 3 aliphatic rings. The Morgan fingerprint density at radius 3 is 2.71 bits per heavy atom. The van der Waals surface area contributed by atoms with E-state index in [0.29, 0.717) is 11.9 Å². The summed E-state index contributed by atoms with van der Waals surface area (Å²) in [6, 6.07) is 0. The molecular weight excluding hydrogens is 262 g/mol. The van der Waals surface area contributed by atoms with Crippen LogP contribution in [0.3, 0.4) is 0 Å². The van der Waals surface area contributed by atoms with Crippen LogP contribution in [-0.2, 0) is 6.42 Å². The smallest absolute Gasteiger partial charge is 0.222 e. The Hall–Kier alpha value is -1.36. The number of nitrogens with zero attached hydrogens (tertiary/aromatic N) is 3. The number of piperazine rings is 1. The molecule has 4 rings (SSSR count). The Bertz CT molecular complexity index is 506. The Balaban J connectivity index is 1.74. The molecule has 5 nitrogen and oxygen atoms in total. The van der Waals surface area contributed by atoms with E-state index in [2.05, 4.69) is 20.2 Å². The second kappa shape index (κ2) is 5.44.